The zero-order valence-corrected chi connectivity index (χ0v) is 6.69. The average molecular weight is 161 g/mol. The van der Waals surface area contributed by atoms with Gasteiger partial charge in [0.25, 0.3) is 0 Å². The number of aliphatic hydroxyl groups is 1. The van der Waals surface area contributed by atoms with Crippen LogP contribution in [-0.4, -0.2) is 36.8 Å². The lowest BCUT2D eigenvalue weighted by Gasteiger charge is -2.31. The first-order valence-corrected chi connectivity index (χ1v) is 3.89. The van der Waals surface area contributed by atoms with Gasteiger partial charge in [0.15, 0.2) is 6.29 Å². The van der Waals surface area contributed by atoms with Crippen LogP contribution >= 0.6 is 0 Å². The summed E-state index contributed by atoms with van der Waals surface area (Å²) >= 11 is 0. The summed E-state index contributed by atoms with van der Waals surface area (Å²) in [4.78, 5) is 0. The Morgan fingerprint density at radius 1 is 1.64 bits per heavy atom. The third kappa shape index (κ3) is 2.41. The molecule has 0 aromatic rings. The fourth-order valence-corrected chi connectivity index (χ4v) is 1.14. The maximum Gasteiger partial charge on any atom is 0.155 e. The first-order chi connectivity index (χ1) is 5.24. The number of nitrogens with two attached hydrogens (primary N) is 1. The minimum Gasteiger partial charge on any atom is -0.388 e. The molecule has 4 nitrogen and oxygen atoms in total. The first kappa shape index (κ1) is 8.93. The number of hydrogen-bond acceptors (Lipinski definition) is 4. The predicted molar refractivity (Wildman–Crippen MR) is 40.0 cm³/mol. The van der Waals surface area contributed by atoms with Crippen LogP contribution in [0.5, 0.6) is 0 Å². The van der Waals surface area contributed by atoms with Crippen LogP contribution in [-0.2, 0) is 9.47 Å². The van der Waals surface area contributed by atoms with Gasteiger partial charge in [-0.25, -0.2) is 0 Å². The third-order valence-corrected chi connectivity index (χ3v) is 1.75. The van der Waals surface area contributed by atoms with Crippen molar-refractivity contribution in [3.63, 3.8) is 0 Å². The molecule has 1 rings (SSSR count). The Bertz CT molecular complexity index is 120. The van der Waals surface area contributed by atoms with Gasteiger partial charge in [-0.05, 0) is 19.9 Å². The van der Waals surface area contributed by atoms with Crippen LogP contribution in [0.25, 0.3) is 0 Å². The molecule has 0 spiro atoms. The van der Waals surface area contributed by atoms with Crippen molar-refractivity contribution in [1.82, 2.24) is 0 Å². The standard InChI is InChI=1S/C7H15NO3/c1-5-10-4-6(9)7(11-5)2-3-8/h5-7,9H,2-4,8H2,1H3. The Morgan fingerprint density at radius 3 is 3.00 bits per heavy atom. The third-order valence-electron chi connectivity index (χ3n) is 1.75. The summed E-state index contributed by atoms with van der Waals surface area (Å²) < 4.78 is 10.3. The molecule has 3 atom stereocenters. The van der Waals surface area contributed by atoms with Gasteiger partial charge in [-0.1, -0.05) is 0 Å². The molecule has 1 heterocycles. The summed E-state index contributed by atoms with van der Waals surface area (Å²) in [6.07, 6.45) is -0.192. The van der Waals surface area contributed by atoms with E-state index in [1.165, 1.54) is 0 Å². The summed E-state index contributed by atoms with van der Waals surface area (Å²) in [5, 5.41) is 9.31. The van der Waals surface area contributed by atoms with Crippen molar-refractivity contribution >= 4 is 0 Å². The molecule has 3 N–H and O–H groups in total. The Morgan fingerprint density at radius 2 is 2.36 bits per heavy atom. The van der Waals surface area contributed by atoms with E-state index in [9.17, 15) is 5.11 Å². The van der Waals surface area contributed by atoms with E-state index in [0.29, 0.717) is 19.6 Å². The number of rotatable bonds is 2. The SMILES string of the molecule is CC1OCC(O)C(CCN)O1. The van der Waals surface area contributed by atoms with Crippen LogP contribution in [0.15, 0.2) is 0 Å². The highest BCUT2D eigenvalue weighted by molar-refractivity contribution is 4.72. The van der Waals surface area contributed by atoms with Crippen LogP contribution in [0, 0.1) is 0 Å². The van der Waals surface area contributed by atoms with E-state index in [1.54, 1.807) is 0 Å². The summed E-state index contributed by atoms with van der Waals surface area (Å²) in [6.45, 7) is 2.70. The van der Waals surface area contributed by atoms with Crippen molar-refractivity contribution in [3.05, 3.63) is 0 Å². The lowest BCUT2D eigenvalue weighted by atomic mass is 10.1. The van der Waals surface area contributed by atoms with E-state index < -0.39 is 6.10 Å². The van der Waals surface area contributed by atoms with Crippen molar-refractivity contribution in [2.45, 2.75) is 31.8 Å². The van der Waals surface area contributed by atoms with Crippen molar-refractivity contribution in [2.24, 2.45) is 5.73 Å². The molecule has 0 amide bonds. The van der Waals surface area contributed by atoms with Gasteiger partial charge in [0, 0.05) is 0 Å². The van der Waals surface area contributed by atoms with E-state index in [4.69, 9.17) is 15.2 Å². The second-order valence-electron chi connectivity index (χ2n) is 2.72. The molecule has 4 heteroatoms. The molecule has 3 unspecified atom stereocenters. The maximum absolute atomic E-state index is 9.31. The first-order valence-electron chi connectivity index (χ1n) is 3.89. The molecule has 1 aliphatic heterocycles. The fourth-order valence-electron chi connectivity index (χ4n) is 1.14. The fraction of sp³-hybridized carbons (Fsp3) is 1.00. The van der Waals surface area contributed by atoms with Crippen molar-refractivity contribution in [2.75, 3.05) is 13.2 Å². The van der Waals surface area contributed by atoms with Gasteiger partial charge in [0.1, 0.15) is 6.10 Å². The van der Waals surface area contributed by atoms with Gasteiger partial charge in [0.2, 0.25) is 0 Å². The highest BCUT2D eigenvalue weighted by Gasteiger charge is 2.27. The maximum atomic E-state index is 9.31. The topological polar surface area (TPSA) is 64.7 Å². The molecule has 1 saturated heterocycles. The second kappa shape index (κ2) is 4.01. The highest BCUT2D eigenvalue weighted by Crippen LogP contribution is 2.14. The predicted octanol–water partition coefficient (Wildman–Crippen LogP) is -0.542. The average Bonchev–Trinajstić information content (AvgIpc) is 1.98. The Kier molecular flexibility index (Phi) is 3.26. The Balaban J connectivity index is 2.34. The minimum absolute atomic E-state index is 0.149. The van der Waals surface area contributed by atoms with E-state index in [1.807, 2.05) is 6.92 Å². The van der Waals surface area contributed by atoms with Gasteiger partial charge in [-0.3, -0.25) is 0 Å². The Labute approximate surface area is 66.3 Å². The minimum atomic E-state index is -0.519. The van der Waals surface area contributed by atoms with Crippen LogP contribution < -0.4 is 5.73 Å². The molecule has 0 aliphatic carbocycles. The van der Waals surface area contributed by atoms with Crippen molar-refractivity contribution < 1.29 is 14.6 Å². The molecule has 0 aromatic carbocycles. The number of hydrogen-bond donors (Lipinski definition) is 2. The van der Waals surface area contributed by atoms with Gasteiger partial charge in [-0.2, -0.15) is 0 Å². The Hall–Kier alpha value is -0.160. The van der Waals surface area contributed by atoms with Gasteiger partial charge < -0.3 is 20.3 Å². The zero-order valence-electron chi connectivity index (χ0n) is 6.69. The lowest BCUT2D eigenvalue weighted by molar-refractivity contribution is -0.244. The molecular formula is C7H15NO3. The van der Waals surface area contributed by atoms with Crippen LogP contribution in [0.3, 0.4) is 0 Å². The summed E-state index contributed by atoms with van der Waals surface area (Å²) in [7, 11) is 0. The quantitative estimate of drug-likeness (QED) is 0.570. The smallest absolute Gasteiger partial charge is 0.155 e. The monoisotopic (exact) mass is 161 g/mol. The second-order valence-corrected chi connectivity index (χ2v) is 2.72. The summed E-state index contributed by atoms with van der Waals surface area (Å²) in [5.74, 6) is 0. The molecule has 1 fully saturated rings. The van der Waals surface area contributed by atoms with Gasteiger partial charge in [0.05, 0.1) is 12.7 Å². The molecule has 0 aromatic heterocycles. The highest BCUT2D eigenvalue weighted by atomic mass is 16.7. The normalized spacial score (nSPS) is 39.0. The van der Waals surface area contributed by atoms with Gasteiger partial charge >= 0.3 is 0 Å². The molecule has 0 bridgehead atoms. The van der Waals surface area contributed by atoms with Crippen LogP contribution in [0.2, 0.25) is 0 Å². The number of aliphatic hydroxyl groups excluding tert-OH is 1. The molecular weight excluding hydrogens is 146 g/mol. The largest absolute Gasteiger partial charge is 0.388 e. The summed E-state index contributed by atoms with van der Waals surface area (Å²) in [5.41, 5.74) is 5.34. The molecule has 1 aliphatic rings. The molecule has 0 saturated carbocycles. The molecule has 11 heavy (non-hydrogen) atoms. The van der Waals surface area contributed by atoms with Gasteiger partial charge in [-0.15, -0.1) is 0 Å². The van der Waals surface area contributed by atoms with Crippen molar-refractivity contribution in [1.29, 1.82) is 0 Å². The van der Waals surface area contributed by atoms with Crippen LogP contribution in [0.1, 0.15) is 13.3 Å². The molecule has 66 valence electrons. The number of ether oxygens (including phenoxy) is 2. The van der Waals surface area contributed by atoms with E-state index in [2.05, 4.69) is 0 Å². The van der Waals surface area contributed by atoms with E-state index in [-0.39, 0.29) is 12.4 Å². The molecule has 0 radical (unpaired) electrons. The van der Waals surface area contributed by atoms with E-state index in [0.717, 1.165) is 0 Å². The summed E-state index contributed by atoms with van der Waals surface area (Å²) in [6, 6.07) is 0. The zero-order chi connectivity index (χ0) is 8.27. The van der Waals surface area contributed by atoms with Crippen molar-refractivity contribution in [3.8, 4) is 0 Å². The van der Waals surface area contributed by atoms with E-state index >= 15 is 0 Å². The lowest BCUT2D eigenvalue weighted by Crippen LogP contribution is -2.43. The van der Waals surface area contributed by atoms with Crippen LogP contribution in [0.4, 0.5) is 0 Å².